The highest BCUT2D eigenvalue weighted by Crippen LogP contribution is 2.08. The van der Waals surface area contributed by atoms with E-state index in [-0.39, 0.29) is 0 Å². The molecule has 19 heavy (non-hydrogen) atoms. The number of aromatic nitrogens is 1. The molecule has 0 aliphatic carbocycles. The van der Waals surface area contributed by atoms with Gasteiger partial charge in [-0.25, -0.2) is 4.98 Å². The Bertz CT molecular complexity index is 350. The number of piperazine rings is 1. The maximum Gasteiger partial charge on any atom is 0.213 e. The van der Waals surface area contributed by atoms with Crippen LogP contribution in [0.3, 0.4) is 0 Å². The van der Waals surface area contributed by atoms with E-state index in [1.165, 1.54) is 0 Å². The van der Waals surface area contributed by atoms with Crippen LogP contribution < -0.4 is 10.1 Å². The molecule has 0 aromatic carbocycles. The highest BCUT2D eigenvalue weighted by Gasteiger charge is 2.08. The fourth-order valence-electron chi connectivity index (χ4n) is 2.15. The molecule has 2 heterocycles. The number of rotatable bonds is 7. The van der Waals surface area contributed by atoms with Gasteiger partial charge in [-0.1, -0.05) is 0 Å². The molecular weight excluding hydrogens is 242 g/mol. The summed E-state index contributed by atoms with van der Waals surface area (Å²) in [6, 6.07) is 3.89. The van der Waals surface area contributed by atoms with E-state index < -0.39 is 0 Å². The minimum Gasteiger partial charge on any atom is -0.478 e. The Hall–Kier alpha value is -1.17. The quantitative estimate of drug-likeness (QED) is 0.742. The first-order valence-corrected chi connectivity index (χ1v) is 6.88. The van der Waals surface area contributed by atoms with Crippen LogP contribution in [0.4, 0.5) is 0 Å². The summed E-state index contributed by atoms with van der Waals surface area (Å²) in [5.41, 5.74) is 1.07. The second kappa shape index (κ2) is 8.09. The zero-order valence-corrected chi connectivity index (χ0v) is 11.6. The predicted octanol–water partition coefficient (Wildman–Crippen LogP) is 0.902. The van der Waals surface area contributed by atoms with Crippen LogP contribution in [0.2, 0.25) is 0 Å². The van der Waals surface area contributed by atoms with Gasteiger partial charge in [0.15, 0.2) is 0 Å². The molecule has 0 amide bonds. The minimum absolute atomic E-state index is 0.594. The van der Waals surface area contributed by atoms with E-state index in [9.17, 15) is 0 Å². The second-order valence-corrected chi connectivity index (χ2v) is 4.73. The van der Waals surface area contributed by atoms with E-state index >= 15 is 0 Å². The Morgan fingerprint density at radius 1 is 1.32 bits per heavy atom. The lowest BCUT2D eigenvalue weighted by Gasteiger charge is -2.26. The Morgan fingerprint density at radius 2 is 2.16 bits per heavy atom. The number of pyridine rings is 1. The molecule has 5 heteroatoms. The average Bonchev–Trinajstić information content (AvgIpc) is 2.47. The maximum absolute atomic E-state index is 5.64. The van der Waals surface area contributed by atoms with E-state index in [0.29, 0.717) is 12.5 Å². The lowest BCUT2D eigenvalue weighted by Crippen LogP contribution is -2.43. The first-order valence-electron chi connectivity index (χ1n) is 6.88. The molecule has 106 valence electrons. The molecule has 1 fully saturated rings. The molecule has 2 rings (SSSR count). The van der Waals surface area contributed by atoms with Crippen molar-refractivity contribution >= 4 is 0 Å². The van der Waals surface area contributed by atoms with Crippen LogP contribution in [-0.4, -0.2) is 56.3 Å². The molecule has 1 saturated heterocycles. The summed E-state index contributed by atoms with van der Waals surface area (Å²) in [5, 5.41) is 3.35. The van der Waals surface area contributed by atoms with Crippen molar-refractivity contribution in [3.05, 3.63) is 23.9 Å². The van der Waals surface area contributed by atoms with Crippen LogP contribution in [0.15, 0.2) is 18.3 Å². The summed E-state index contributed by atoms with van der Waals surface area (Å²) in [5.74, 6) is 0.695. The van der Waals surface area contributed by atoms with Gasteiger partial charge in [-0.3, -0.25) is 0 Å². The topological polar surface area (TPSA) is 46.6 Å². The van der Waals surface area contributed by atoms with Gasteiger partial charge in [0.25, 0.3) is 0 Å². The first-order chi connectivity index (χ1) is 9.38. The van der Waals surface area contributed by atoms with Crippen LogP contribution in [0.25, 0.3) is 0 Å². The molecule has 0 radical (unpaired) electrons. The number of ether oxygens (including phenoxy) is 2. The Balaban J connectivity index is 1.62. The molecule has 0 bridgehead atoms. The summed E-state index contributed by atoms with van der Waals surface area (Å²) in [7, 11) is 1.68. The fraction of sp³-hybridized carbons (Fsp3) is 0.643. The van der Waals surface area contributed by atoms with Gasteiger partial charge in [-0.2, -0.15) is 0 Å². The average molecular weight is 265 g/mol. The molecule has 1 aromatic rings. The van der Waals surface area contributed by atoms with Crippen LogP contribution in [0.5, 0.6) is 5.88 Å². The largest absolute Gasteiger partial charge is 0.478 e. The third-order valence-corrected chi connectivity index (χ3v) is 3.19. The Kier molecular flexibility index (Phi) is 6.07. The summed E-state index contributed by atoms with van der Waals surface area (Å²) in [6.45, 7) is 6.90. The smallest absolute Gasteiger partial charge is 0.213 e. The monoisotopic (exact) mass is 265 g/mol. The molecule has 0 atom stereocenters. The summed E-state index contributed by atoms with van der Waals surface area (Å²) < 4.78 is 10.7. The fourth-order valence-corrected chi connectivity index (χ4v) is 2.15. The van der Waals surface area contributed by atoms with Crippen molar-refractivity contribution in [1.82, 2.24) is 15.2 Å². The molecule has 5 nitrogen and oxygen atoms in total. The summed E-state index contributed by atoms with van der Waals surface area (Å²) in [6.07, 6.45) is 2.84. The number of methoxy groups -OCH3 is 1. The molecule has 0 saturated carbocycles. The number of nitrogens with zero attached hydrogens (tertiary/aromatic N) is 2. The van der Waals surface area contributed by atoms with Crippen molar-refractivity contribution in [2.24, 2.45) is 0 Å². The van der Waals surface area contributed by atoms with Crippen molar-refractivity contribution in [3.8, 4) is 5.88 Å². The molecule has 1 N–H and O–H groups in total. The molecular formula is C14H23N3O2. The standard InChI is InChI=1S/C14H23N3O2/c1-18-12-13-3-4-14(16-11-13)19-10-2-7-17-8-5-15-6-9-17/h3-4,11,15H,2,5-10,12H2,1H3. The summed E-state index contributed by atoms with van der Waals surface area (Å²) in [4.78, 5) is 6.72. The number of nitrogens with one attached hydrogen (secondary N) is 1. The van der Waals surface area contributed by atoms with Gasteiger partial charge in [0.05, 0.1) is 13.2 Å². The predicted molar refractivity (Wildman–Crippen MR) is 74.4 cm³/mol. The highest BCUT2D eigenvalue weighted by molar-refractivity contribution is 5.17. The van der Waals surface area contributed by atoms with Crippen LogP contribution in [0.1, 0.15) is 12.0 Å². The van der Waals surface area contributed by atoms with Crippen molar-refractivity contribution in [2.75, 3.05) is 46.4 Å². The first kappa shape index (κ1) is 14.2. The normalized spacial score (nSPS) is 16.5. The summed E-state index contributed by atoms with van der Waals surface area (Å²) >= 11 is 0. The SMILES string of the molecule is COCc1ccc(OCCCN2CCNCC2)nc1. The molecule has 1 aliphatic rings. The van der Waals surface area contributed by atoms with Crippen molar-refractivity contribution in [2.45, 2.75) is 13.0 Å². The van der Waals surface area contributed by atoms with Crippen LogP contribution >= 0.6 is 0 Å². The Labute approximate surface area is 114 Å². The van der Waals surface area contributed by atoms with Gasteiger partial charge in [-0.15, -0.1) is 0 Å². The van der Waals surface area contributed by atoms with Crippen LogP contribution in [-0.2, 0) is 11.3 Å². The van der Waals surface area contributed by atoms with Gasteiger partial charge < -0.3 is 19.7 Å². The van der Waals surface area contributed by atoms with Crippen LogP contribution in [0, 0.1) is 0 Å². The van der Waals surface area contributed by atoms with Crippen molar-refractivity contribution < 1.29 is 9.47 Å². The zero-order chi connectivity index (χ0) is 13.3. The van der Waals surface area contributed by atoms with Gasteiger partial charge in [0.2, 0.25) is 5.88 Å². The van der Waals surface area contributed by atoms with E-state index in [4.69, 9.17) is 9.47 Å². The van der Waals surface area contributed by atoms with Crippen molar-refractivity contribution in [1.29, 1.82) is 0 Å². The van der Waals surface area contributed by atoms with E-state index in [1.54, 1.807) is 13.3 Å². The lowest BCUT2D eigenvalue weighted by atomic mass is 10.3. The van der Waals surface area contributed by atoms with Gasteiger partial charge >= 0.3 is 0 Å². The highest BCUT2D eigenvalue weighted by atomic mass is 16.5. The Morgan fingerprint density at radius 3 is 2.84 bits per heavy atom. The third kappa shape index (κ3) is 5.14. The zero-order valence-electron chi connectivity index (χ0n) is 11.6. The number of hydrogen-bond acceptors (Lipinski definition) is 5. The van der Waals surface area contributed by atoms with Gasteiger partial charge in [0.1, 0.15) is 0 Å². The molecule has 1 aliphatic heterocycles. The molecule has 0 unspecified atom stereocenters. The lowest BCUT2D eigenvalue weighted by molar-refractivity contribution is 0.184. The van der Waals surface area contributed by atoms with E-state index in [0.717, 1.165) is 51.3 Å². The van der Waals surface area contributed by atoms with Crippen molar-refractivity contribution in [3.63, 3.8) is 0 Å². The maximum atomic E-state index is 5.64. The third-order valence-electron chi connectivity index (χ3n) is 3.19. The molecule has 1 aromatic heterocycles. The molecule has 0 spiro atoms. The van der Waals surface area contributed by atoms with E-state index in [2.05, 4.69) is 15.2 Å². The van der Waals surface area contributed by atoms with Gasteiger partial charge in [0, 0.05) is 52.1 Å². The second-order valence-electron chi connectivity index (χ2n) is 4.73. The van der Waals surface area contributed by atoms with E-state index in [1.807, 2.05) is 12.1 Å². The minimum atomic E-state index is 0.594. The number of hydrogen-bond donors (Lipinski definition) is 1. The van der Waals surface area contributed by atoms with Gasteiger partial charge in [-0.05, 0) is 18.1 Å².